The van der Waals surface area contributed by atoms with Crippen LogP contribution in [0.15, 0.2) is 36.5 Å². The molecule has 0 aliphatic rings. The van der Waals surface area contributed by atoms with Crippen LogP contribution in [0.4, 0.5) is 18.9 Å². The molecule has 0 spiro atoms. The molecule has 6 heteroatoms. The van der Waals surface area contributed by atoms with Gasteiger partial charge in [0.2, 0.25) is 0 Å². The van der Waals surface area contributed by atoms with Crippen LogP contribution in [0.2, 0.25) is 5.15 Å². The minimum atomic E-state index is -4.37. The number of hydrogen-bond donors (Lipinski definition) is 1. The SMILES string of the molecule is Cc1ccnc(Cl)c1NCc1ccccc1C(F)(F)F. The highest BCUT2D eigenvalue weighted by Gasteiger charge is 2.32. The van der Waals surface area contributed by atoms with Crippen LogP contribution in [-0.4, -0.2) is 4.98 Å². The number of pyridine rings is 1. The Hall–Kier alpha value is -1.75. The van der Waals surface area contributed by atoms with Crippen LogP contribution < -0.4 is 5.32 Å². The monoisotopic (exact) mass is 300 g/mol. The number of rotatable bonds is 3. The maximum absolute atomic E-state index is 12.9. The van der Waals surface area contributed by atoms with Crippen molar-refractivity contribution in [2.24, 2.45) is 0 Å². The molecular weight excluding hydrogens is 289 g/mol. The van der Waals surface area contributed by atoms with Crippen molar-refractivity contribution < 1.29 is 13.2 Å². The fourth-order valence-corrected chi connectivity index (χ4v) is 2.14. The minimum Gasteiger partial charge on any atom is -0.378 e. The van der Waals surface area contributed by atoms with Crippen LogP contribution in [-0.2, 0) is 12.7 Å². The lowest BCUT2D eigenvalue weighted by Gasteiger charge is -2.15. The Morgan fingerprint density at radius 3 is 2.55 bits per heavy atom. The van der Waals surface area contributed by atoms with Crippen LogP contribution in [0.1, 0.15) is 16.7 Å². The zero-order chi connectivity index (χ0) is 14.8. The van der Waals surface area contributed by atoms with Gasteiger partial charge in [0.15, 0.2) is 5.15 Å². The summed E-state index contributed by atoms with van der Waals surface area (Å²) in [5, 5.41) is 3.16. The molecule has 2 rings (SSSR count). The third kappa shape index (κ3) is 3.22. The number of anilines is 1. The van der Waals surface area contributed by atoms with E-state index in [9.17, 15) is 13.2 Å². The smallest absolute Gasteiger partial charge is 0.378 e. The lowest BCUT2D eigenvalue weighted by molar-refractivity contribution is -0.138. The number of alkyl halides is 3. The van der Waals surface area contributed by atoms with Gasteiger partial charge in [-0.25, -0.2) is 4.98 Å². The maximum Gasteiger partial charge on any atom is 0.416 e. The Morgan fingerprint density at radius 1 is 1.20 bits per heavy atom. The van der Waals surface area contributed by atoms with E-state index in [-0.39, 0.29) is 17.3 Å². The predicted molar refractivity (Wildman–Crippen MR) is 72.8 cm³/mol. The highest BCUT2D eigenvalue weighted by molar-refractivity contribution is 6.32. The standard InChI is InChI=1S/C14H12ClF3N2/c1-9-6-7-19-13(15)12(9)20-8-10-4-2-3-5-11(10)14(16,17)18/h2-7,20H,8H2,1H3. The number of hydrogen-bond acceptors (Lipinski definition) is 2. The summed E-state index contributed by atoms with van der Waals surface area (Å²) in [5.41, 5.74) is 0.894. The first-order chi connectivity index (χ1) is 9.39. The molecular formula is C14H12ClF3N2. The van der Waals surface area contributed by atoms with Crippen molar-refractivity contribution in [2.75, 3.05) is 5.32 Å². The first-order valence-electron chi connectivity index (χ1n) is 5.89. The number of nitrogens with one attached hydrogen (secondary N) is 1. The summed E-state index contributed by atoms with van der Waals surface area (Å²) in [5.74, 6) is 0. The second-order valence-corrected chi connectivity index (χ2v) is 4.66. The van der Waals surface area contributed by atoms with E-state index < -0.39 is 11.7 Å². The molecule has 0 saturated carbocycles. The Balaban J connectivity index is 2.24. The van der Waals surface area contributed by atoms with E-state index in [1.54, 1.807) is 18.3 Å². The molecule has 0 unspecified atom stereocenters. The second kappa shape index (κ2) is 5.71. The van der Waals surface area contributed by atoms with Crippen LogP contribution in [0, 0.1) is 6.92 Å². The zero-order valence-corrected chi connectivity index (χ0v) is 11.4. The molecule has 0 saturated heterocycles. The first kappa shape index (κ1) is 14.7. The van der Waals surface area contributed by atoms with E-state index in [4.69, 9.17) is 11.6 Å². The largest absolute Gasteiger partial charge is 0.416 e. The molecule has 1 N–H and O–H groups in total. The Labute approximate surface area is 119 Å². The molecule has 1 aromatic heterocycles. The molecule has 106 valence electrons. The molecule has 0 aliphatic carbocycles. The fraction of sp³-hybridized carbons (Fsp3) is 0.214. The van der Waals surface area contributed by atoms with E-state index >= 15 is 0 Å². The minimum absolute atomic E-state index is 0.0297. The molecule has 1 heterocycles. The average Bonchev–Trinajstić information content (AvgIpc) is 2.37. The summed E-state index contributed by atoms with van der Waals surface area (Å²) in [6.45, 7) is 1.84. The Kier molecular flexibility index (Phi) is 4.18. The summed E-state index contributed by atoms with van der Waals surface area (Å²) in [4.78, 5) is 3.90. The Morgan fingerprint density at radius 2 is 1.90 bits per heavy atom. The van der Waals surface area contributed by atoms with Crippen molar-refractivity contribution in [3.8, 4) is 0 Å². The summed E-state index contributed by atoms with van der Waals surface area (Å²) < 4.78 is 38.6. The van der Waals surface area contributed by atoms with Gasteiger partial charge in [0.05, 0.1) is 11.3 Å². The number of halogens is 4. The lowest BCUT2D eigenvalue weighted by atomic mass is 10.1. The van der Waals surface area contributed by atoms with Gasteiger partial charge >= 0.3 is 6.18 Å². The topological polar surface area (TPSA) is 24.9 Å². The third-order valence-corrected chi connectivity index (χ3v) is 3.18. The van der Waals surface area contributed by atoms with Gasteiger partial charge in [0, 0.05) is 12.7 Å². The molecule has 0 amide bonds. The van der Waals surface area contributed by atoms with Gasteiger partial charge in [-0.3, -0.25) is 0 Å². The van der Waals surface area contributed by atoms with Crippen LogP contribution >= 0.6 is 11.6 Å². The molecule has 0 fully saturated rings. The summed E-state index contributed by atoms with van der Waals surface area (Å²) in [6, 6.07) is 7.19. The van der Waals surface area contributed by atoms with Crippen LogP contribution in [0.25, 0.3) is 0 Å². The van der Waals surface area contributed by atoms with Crippen LogP contribution in [0.3, 0.4) is 0 Å². The van der Waals surface area contributed by atoms with Gasteiger partial charge in [-0.2, -0.15) is 13.2 Å². The molecule has 1 aromatic carbocycles. The van der Waals surface area contributed by atoms with Crippen LogP contribution in [0.5, 0.6) is 0 Å². The number of aromatic nitrogens is 1. The van der Waals surface area contributed by atoms with Gasteiger partial charge < -0.3 is 5.32 Å². The zero-order valence-electron chi connectivity index (χ0n) is 10.6. The predicted octanol–water partition coefficient (Wildman–Crippen LogP) is 4.67. The second-order valence-electron chi connectivity index (χ2n) is 4.30. The molecule has 0 bridgehead atoms. The van der Waals surface area contributed by atoms with Crippen molar-refractivity contribution in [2.45, 2.75) is 19.6 Å². The summed E-state index contributed by atoms with van der Waals surface area (Å²) in [7, 11) is 0. The van der Waals surface area contributed by atoms with Gasteiger partial charge in [-0.15, -0.1) is 0 Å². The van der Waals surface area contributed by atoms with Gasteiger partial charge in [0.25, 0.3) is 0 Å². The van der Waals surface area contributed by atoms with E-state index in [2.05, 4.69) is 10.3 Å². The van der Waals surface area contributed by atoms with Crippen molar-refractivity contribution >= 4 is 17.3 Å². The van der Waals surface area contributed by atoms with Crippen molar-refractivity contribution in [1.29, 1.82) is 0 Å². The van der Waals surface area contributed by atoms with E-state index in [0.29, 0.717) is 5.69 Å². The highest BCUT2D eigenvalue weighted by Crippen LogP contribution is 2.32. The molecule has 2 nitrogen and oxygen atoms in total. The summed E-state index contributed by atoms with van der Waals surface area (Å²) >= 11 is 5.93. The molecule has 0 atom stereocenters. The molecule has 0 aliphatic heterocycles. The Bertz CT molecular complexity index is 591. The van der Waals surface area contributed by atoms with Gasteiger partial charge in [0.1, 0.15) is 0 Å². The van der Waals surface area contributed by atoms with Crippen molar-refractivity contribution in [3.63, 3.8) is 0 Å². The molecule has 20 heavy (non-hydrogen) atoms. The first-order valence-corrected chi connectivity index (χ1v) is 6.27. The number of nitrogens with zero attached hydrogens (tertiary/aromatic N) is 1. The normalized spacial score (nSPS) is 11.4. The van der Waals surface area contributed by atoms with Crippen molar-refractivity contribution in [1.82, 2.24) is 4.98 Å². The highest BCUT2D eigenvalue weighted by atomic mass is 35.5. The van der Waals surface area contributed by atoms with E-state index in [1.807, 2.05) is 6.92 Å². The van der Waals surface area contributed by atoms with E-state index in [0.717, 1.165) is 11.6 Å². The van der Waals surface area contributed by atoms with Gasteiger partial charge in [-0.05, 0) is 30.2 Å². The lowest BCUT2D eigenvalue weighted by Crippen LogP contribution is -2.12. The van der Waals surface area contributed by atoms with Crippen molar-refractivity contribution in [3.05, 3.63) is 58.4 Å². The fourth-order valence-electron chi connectivity index (χ4n) is 1.87. The number of benzene rings is 1. The third-order valence-electron chi connectivity index (χ3n) is 2.89. The molecule has 2 aromatic rings. The average molecular weight is 301 g/mol. The van der Waals surface area contributed by atoms with E-state index in [1.165, 1.54) is 12.1 Å². The summed E-state index contributed by atoms with van der Waals surface area (Å²) in [6.07, 6.45) is -2.82. The van der Waals surface area contributed by atoms with Gasteiger partial charge in [-0.1, -0.05) is 29.8 Å². The number of aryl methyl sites for hydroxylation is 1. The maximum atomic E-state index is 12.9. The quantitative estimate of drug-likeness (QED) is 0.833. The molecule has 0 radical (unpaired) electrons.